The Balaban J connectivity index is 1.89. The Kier molecular flexibility index (Phi) is 2.31. The molecule has 0 radical (unpaired) electrons. The minimum atomic E-state index is 0.00131. The second-order valence-electron chi connectivity index (χ2n) is 6.60. The summed E-state index contributed by atoms with van der Waals surface area (Å²) in [5.41, 5.74) is 7.20. The maximum absolute atomic E-state index is 12.6. The van der Waals surface area contributed by atoms with E-state index in [0.717, 1.165) is 55.4 Å². The standard InChI is InChI=1S/C21H14N2O2/c24-21-19-13(9-22-21)17-11-5-1-3-7-15(11)23-20(17)18-12-6-2-4-8-16(12)25-10-14(18)19/h1-8,23H,9-10H2,(H,22,24). The monoisotopic (exact) mass is 326 g/mol. The quantitative estimate of drug-likeness (QED) is 0.511. The number of fused-ring (bicyclic) bond motifs is 10. The molecule has 0 bridgehead atoms. The third kappa shape index (κ3) is 1.54. The Hall–Kier alpha value is -3.27. The predicted octanol–water partition coefficient (Wildman–Crippen LogP) is 4.12. The van der Waals surface area contributed by atoms with Crippen LogP contribution in [0.2, 0.25) is 0 Å². The summed E-state index contributed by atoms with van der Waals surface area (Å²) in [4.78, 5) is 16.2. The Morgan fingerprint density at radius 1 is 0.920 bits per heavy atom. The number of hydrogen-bond donors (Lipinski definition) is 2. The van der Waals surface area contributed by atoms with Gasteiger partial charge in [-0.15, -0.1) is 0 Å². The van der Waals surface area contributed by atoms with Gasteiger partial charge in [0.1, 0.15) is 12.4 Å². The van der Waals surface area contributed by atoms with E-state index in [2.05, 4.69) is 28.5 Å². The van der Waals surface area contributed by atoms with Crippen molar-refractivity contribution in [3.63, 3.8) is 0 Å². The van der Waals surface area contributed by atoms with Crippen molar-refractivity contribution in [2.75, 3.05) is 0 Å². The molecule has 0 unspecified atom stereocenters. The fraction of sp³-hybridized carbons (Fsp3) is 0.0952. The fourth-order valence-corrected chi connectivity index (χ4v) is 4.32. The summed E-state index contributed by atoms with van der Waals surface area (Å²) in [5.74, 6) is 0.870. The first-order valence-electron chi connectivity index (χ1n) is 8.41. The summed E-state index contributed by atoms with van der Waals surface area (Å²) >= 11 is 0. The summed E-state index contributed by atoms with van der Waals surface area (Å²) in [6.07, 6.45) is 0. The van der Waals surface area contributed by atoms with Gasteiger partial charge in [0, 0.05) is 39.5 Å². The molecule has 0 fully saturated rings. The Labute approximate surface area is 143 Å². The minimum absolute atomic E-state index is 0.00131. The van der Waals surface area contributed by atoms with E-state index < -0.39 is 0 Å². The van der Waals surface area contributed by atoms with E-state index in [-0.39, 0.29) is 5.91 Å². The zero-order valence-electron chi connectivity index (χ0n) is 13.3. The van der Waals surface area contributed by atoms with Gasteiger partial charge in [-0.1, -0.05) is 36.4 Å². The van der Waals surface area contributed by atoms with Crippen LogP contribution in [0, 0.1) is 0 Å². The highest BCUT2D eigenvalue weighted by atomic mass is 16.5. The molecule has 2 aliphatic heterocycles. The number of benzene rings is 3. The molecular weight excluding hydrogens is 312 g/mol. The highest BCUT2D eigenvalue weighted by molar-refractivity contribution is 6.19. The summed E-state index contributed by atoms with van der Waals surface area (Å²) in [7, 11) is 0. The Morgan fingerprint density at radius 3 is 2.72 bits per heavy atom. The van der Waals surface area contributed by atoms with E-state index in [9.17, 15) is 4.79 Å². The summed E-state index contributed by atoms with van der Waals surface area (Å²) in [6.45, 7) is 0.995. The minimum Gasteiger partial charge on any atom is -0.488 e. The molecule has 0 spiro atoms. The lowest BCUT2D eigenvalue weighted by Crippen LogP contribution is -2.16. The van der Waals surface area contributed by atoms with Gasteiger partial charge in [0.25, 0.3) is 5.91 Å². The van der Waals surface area contributed by atoms with Gasteiger partial charge in [0.2, 0.25) is 0 Å². The van der Waals surface area contributed by atoms with Gasteiger partial charge in [-0.05, 0) is 17.7 Å². The first-order valence-corrected chi connectivity index (χ1v) is 8.41. The molecular formula is C21H14N2O2. The van der Waals surface area contributed by atoms with E-state index in [1.165, 1.54) is 0 Å². The molecule has 0 saturated carbocycles. The van der Waals surface area contributed by atoms with Crippen LogP contribution in [0.4, 0.5) is 0 Å². The molecule has 0 saturated heterocycles. The van der Waals surface area contributed by atoms with Gasteiger partial charge < -0.3 is 15.0 Å². The molecule has 3 aromatic carbocycles. The molecule has 4 heteroatoms. The number of aromatic amines is 1. The number of hydrogen-bond acceptors (Lipinski definition) is 2. The van der Waals surface area contributed by atoms with Crippen molar-refractivity contribution < 1.29 is 9.53 Å². The third-order valence-corrected chi connectivity index (χ3v) is 5.34. The van der Waals surface area contributed by atoms with E-state index in [1.54, 1.807) is 0 Å². The molecule has 2 aliphatic rings. The van der Waals surface area contributed by atoms with Gasteiger partial charge in [-0.3, -0.25) is 4.79 Å². The molecule has 1 aromatic heterocycles. The Morgan fingerprint density at radius 2 is 1.76 bits per heavy atom. The topological polar surface area (TPSA) is 54.1 Å². The number of ether oxygens (including phenoxy) is 1. The van der Waals surface area contributed by atoms with Gasteiger partial charge in [0.15, 0.2) is 0 Å². The van der Waals surface area contributed by atoms with Crippen LogP contribution in [0.15, 0.2) is 48.5 Å². The number of rotatable bonds is 0. The SMILES string of the molecule is O=C1NCc2c1c1c(c3[nH]c4ccccc4c23)-c2ccccc2OC1. The van der Waals surface area contributed by atoms with Gasteiger partial charge in [0.05, 0.1) is 11.1 Å². The summed E-state index contributed by atoms with van der Waals surface area (Å²) in [6, 6.07) is 16.3. The largest absolute Gasteiger partial charge is 0.488 e. The van der Waals surface area contributed by atoms with Crippen LogP contribution in [-0.4, -0.2) is 10.9 Å². The van der Waals surface area contributed by atoms with Gasteiger partial charge in [-0.2, -0.15) is 0 Å². The molecule has 6 rings (SSSR count). The molecule has 25 heavy (non-hydrogen) atoms. The van der Waals surface area contributed by atoms with Crippen LogP contribution < -0.4 is 10.1 Å². The smallest absolute Gasteiger partial charge is 0.252 e. The predicted molar refractivity (Wildman–Crippen MR) is 96.7 cm³/mol. The van der Waals surface area contributed by atoms with Crippen LogP contribution in [0.25, 0.3) is 32.9 Å². The second kappa shape index (κ2) is 4.42. The highest BCUT2D eigenvalue weighted by Gasteiger charge is 2.33. The van der Waals surface area contributed by atoms with Crippen molar-refractivity contribution in [2.45, 2.75) is 13.2 Å². The summed E-state index contributed by atoms with van der Waals surface area (Å²) < 4.78 is 5.95. The molecule has 2 N–H and O–H groups in total. The molecule has 0 atom stereocenters. The Bertz CT molecular complexity index is 1220. The number of amides is 1. The average Bonchev–Trinajstić information content (AvgIpc) is 3.22. The lowest BCUT2D eigenvalue weighted by Gasteiger charge is -2.23. The highest BCUT2D eigenvalue weighted by Crippen LogP contribution is 2.47. The number of aromatic nitrogens is 1. The average molecular weight is 326 g/mol. The lowest BCUT2D eigenvalue weighted by atomic mass is 9.88. The van der Waals surface area contributed by atoms with Crippen molar-refractivity contribution in [2.24, 2.45) is 0 Å². The van der Waals surface area contributed by atoms with Crippen LogP contribution >= 0.6 is 0 Å². The van der Waals surface area contributed by atoms with Crippen LogP contribution in [0.1, 0.15) is 21.5 Å². The molecule has 0 aliphatic carbocycles. The normalized spacial score (nSPS) is 14.8. The maximum Gasteiger partial charge on any atom is 0.252 e. The van der Waals surface area contributed by atoms with Crippen LogP contribution in [0.5, 0.6) is 5.75 Å². The molecule has 120 valence electrons. The van der Waals surface area contributed by atoms with Crippen molar-refractivity contribution >= 4 is 27.7 Å². The number of para-hydroxylation sites is 2. The number of nitrogens with one attached hydrogen (secondary N) is 2. The van der Waals surface area contributed by atoms with Gasteiger partial charge >= 0.3 is 0 Å². The first-order chi connectivity index (χ1) is 12.3. The van der Waals surface area contributed by atoms with Crippen molar-refractivity contribution in [3.05, 3.63) is 65.2 Å². The van der Waals surface area contributed by atoms with Crippen molar-refractivity contribution in [1.29, 1.82) is 0 Å². The number of carbonyl (C=O) groups excluding carboxylic acids is 1. The lowest BCUT2D eigenvalue weighted by molar-refractivity contribution is 0.0963. The number of H-pyrrole nitrogens is 1. The molecule has 3 heterocycles. The first kappa shape index (κ1) is 13.1. The van der Waals surface area contributed by atoms with Crippen LogP contribution in [-0.2, 0) is 13.2 Å². The zero-order chi connectivity index (χ0) is 16.5. The molecule has 1 amide bonds. The van der Waals surface area contributed by atoms with Crippen molar-refractivity contribution in [1.82, 2.24) is 10.3 Å². The third-order valence-electron chi connectivity index (χ3n) is 5.34. The van der Waals surface area contributed by atoms with E-state index in [0.29, 0.717) is 13.2 Å². The molecule has 4 aromatic rings. The molecule has 4 nitrogen and oxygen atoms in total. The van der Waals surface area contributed by atoms with E-state index in [4.69, 9.17) is 4.74 Å². The van der Waals surface area contributed by atoms with Crippen molar-refractivity contribution in [3.8, 4) is 16.9 Å². The number of carbonyl (C=O) groups is 1. The summed E-state index contributed by atoms with van der Waals surface area (Å²) in [5, 5.41) is 5.31. The second-order valence-corrected chi connectivity index (χ2v) is 6.60. The fourth-order valence-electron chi connectivity index (χ4n) is 4.32. The van der Waals surface area contributed by atoms with Gasteiger partial charge in [-0.25, -0.2) is 0 Å². The van der Waals surface area contributed by atoms with Crippen LogP contribution in [0.3, 0.4) is 0 Å². The van der Waals surface area contributed by atoms with E-state index in [1.807, 2.05) is 30.3 Å². The maximum atomic E-state index is 12.6. The van der Waals surface area contributed by atoms with E-state index >= 15 is 0 Å². The zero-order valence-corrected chi connectivity index (χ0v) is 13.3.